The molecule has 7 heteroatoms. The number of aryl methyl sites for hydroxylation is 1. The van der Waals surface area contributed by atoms with Gasteiger partial charge in [-0.2, -0.15) is 0 Å². The quantitative estimate of drug-likeness (QED) is 0.661. The van der Waals surface area contributed by atoms with Gasteiger partial charge >= 0.3 is 0 Å². The van der Waals surface area contributed by atoms with Crippen LogP contribution >= 0.6 is 28.1 Å². The normalized spacial score (nSPS) is 10.1. The van der Waals surface area contributed by atoms with Crippen molar-refractivity contribution >= 4 is 44.9 Å². The number of hydrogen-bond acceptors (Lipinski definition) is 2. The molecule has 2 aromatic carbocycles. The zero-order chi connectivity index (χ0) is 17.5. The van der Waals surface area contributed by atoms with Crippen LogP contribution in [0.4, 0.5) is 10.1 Å². The summed E-state index contributed by atoms with van der Waals surface area (Å²) in [5, 5.41) is 8.99. The fourth-order valence-electron chi connectivity index (χ4n) is 1.97. The van der Waals surface area contributed by atoms with E-state index in [0.717, 1.165) is 21.3 Å². The van der Waals surface area contributed by atoms with E-state index in [9.17, 15) is 9.18 Å². The van der Waals surface area contributed by atoms with Crippen LogP contribution in [0.3, 0.4) is 0 Å². The first-order valence-corrected chi connectivity index (χ1v) is 8.46. The Morgan fingerprint density at radius 3 is 2.54 bits per heavy atom. The molecule has 0 saturated carbocycles. The lowest BCUT2D eigenvalue weighted by atomic mass is 10.2. The summed E-state index contributed by atoms with van der Waals surface area (Å²) >= 11 is 8.50. The molecule has 3 N–H and O–H groups in total. The van der Waals surface area contributed by atoms with E-state index < -0.39 is 0 Å². The summed E-state index contributed by atoms with van der Waals surface area (Å²) in [5.74, 6) is -0.467. The Balaban J connectivity index is 1.74. The summed E-state index contributed by atoms with van der Waals surface area (Å²) in [6.07, 6.45) is 0. The fourth-order valence-corrected chi connectivity index (χ4v) is 2.59. The summed E-state index contributed by atoms with van der Waals surface area (Å²) in [6, 6.07) is 11.8. The van der Waals surface area contributed by atoms with Gasteiger partial charge in [0.05, 0.1) is 6.54 Å². The number of thiocarbonyl (C=S) groups is 1. The molecule has 0 bridgehead atoms. The van der Waals surface area contributed by atoms with Gasteiger partial charge in [0.15, 0.2) is 5.11 Å². The zero-order valence-electron chi connectivity index (χ0n) is 13.0. The minimum Gasteiger partial charge on any atom is -0.359 e. The first-order valence-electron chi connectivity index (χ1n) is 7.26. The van der Waals surface area contributed by atoms with Crippen molar-refractivity contribution in [3.8, 4) is 0 Å². The predicted molar refractivity (Wildman–Crippen MR) is 101 cm³/mol. The first-order chi connectivity index (χ1) is 11.4. The molecule has 0 aromatic heterocycles. The van der Waals surface area contributed by atoms with Crippen LogP contribution in [-0.4, -0.2) is 17.6 Å². The third-order valence-corrected chi connectivity index (χ3v) is 4.02. The molecule has 0 saturated heterocycles. The maximum atomic E-state index is 12.8. The molecule has 24 heavy (non-hydrogen) atoms. The van der Waals surface area contributed by atoms with E-state index in [1.165, 1.54) is 12.1 Å². The van der Waals surface area contributed by atoms with Crippen molar-refractivity contribution in [2.45, 2.75) is 13.5 Å². The molecule has 0 aliphatic heterocycles. The van der Waals surface area contributed by atoms with Crippen LogP contribution < -0.4 is 16.0 Å². The third-order valence-electron chi connectivity index (χ3n) is 3.24. The van der Waals surface area contributed by atoms with Crippen LogP contribution in [0, 0.1) is 12.7 Å². The molecule has 1 amide bonds. The van der Waals surface area contributed by atoms with Gasteiger partial charge in [-0.15, -0.1) is 0 Å². The van der Waals surface area contributed by atoms with E-state index in [1.807, 2.05) is 25.1 Å². The van der Waals surface area contributed by atoms with Gasteiger partial charge in [-0.3, -0.25) is 4.79 Å². The second kappa shape index (κ2) is 8.75. The monoisotopic (exact) mass is 409 g/mol. The number of carbonyl (C=O) groups excluding carboxylic acids is 1. The average molecular weight is 410 g/mol. The molecule has 0 aliphatic carbocycles. The van der Waals surface area contributed by atoms with Crippen LogP contribution in [0.5, 0.6) is 0 Å². The van der Waals surface area contributed by atoms with Crippen molar-refractivity contribution in [3.05, 3.63) is 63.9 Å². The van der Waals surface area contributed by atoms with Crippen molar-refractivity contribution < 1.29 is 9.18 Å². The van der Waals surface area contributed by atoms with Gasteiger partial charge in [0.25, 0.3) is 0 Å². The van der Waals surface area contributed by atoms with E-state index in [-0.39, 0.29) is 18.3 Å². The summed E-state index contributed by atoms with van der Waals surface area (Å²) in [5.41, 5.74) is 2.63. The summed E-state index contributed by atoms with van der Waals surface area (Å²) in [4.78, 5) is 12.0. The second-order valence-corrected chi connectivity index (χ2v) is 6.49. The Hall–Kier alpha value is -1.99. The molecule has 0 atom stereocenters. The van der Waals surface area contributed by atoms with Crippen LogP contribution in [0.1, 0.15) is 11.1 Å². The number of benzene rings is 2. The predicted octanol–water partition coefficient (Wildman–Crippen LogP) is 3.50. The highest BCUT2D eigenvalue weighted by Crippen LogP contribution is 2.19. The number of nitrogens with one attached hydrogen (secondary N) is 3. The largest absolute Gasteiger partial charge is 0.359 e. The Morgan fingerprint density at radius 1 is 1.17 bits per heavy atom. The van der Waals surface area contributed by atoms with Crippen molar-refractivity contribution in [2.75, 3.05) is 11.9 Å². The van der Waals surface area contributed by atoms with E-state index >= 15 is 0 Å². The average Bonchev–Trinajstić information content (AvgIpc) is 2.55. The van der Waals surface area contributed by atoms with Crippen molar-refractivity contribution in [3.63, 3.8) is 0 Å². The smallest absolute Gasteiger partial charge is 0.243 e. The third kappa shape index (κ3) is 5.90. The second-order valence-electron chi connectivity index (χ2n) is 5.17. The molecule has 2 aromatic rings. The maximum absolute atomic E-state index is 12.8. The SMILES string of the molecule is Cc1cc(Br)ccc1NC(=O)CNC(=S)NCc1ccc(F)cc1. The van der Waals surface area contributed by atoms with E-state index in [4.69, 9.17) is 12.2 Å². The lowest BCUT2D eigenvalue weighted by Crippen LogP contribution is -2.39. The van der Waals surface area contributed by atoms with Crippen LogP contribution in [0.2, 0.25) is 0 Å². The standard InChI is InChI=1S/C17H17BrFN3OS/c1-11-8-13(18)4-7-15(11)22-16(23)10-21-17(24)20-9-12-2-5-14(19)6-3-12/h2-8H,9-10H2,1H3,(H,22,23)(H2,20,21,24). The molecule has 0 unspecified atom stereocenters. The van der Waals surface area contributed by atoms with Gasteiger partial charge in [-0.05, 0) is 60.6 Å². The molecule has 0 heterocycles. The molecule has 0 radical (unpaired) electrons. The highest BCUT2D eigenvalue weighted by atomic mass is 79.9. The van der Waals surface area contributed by atoms with Gasteiger partial charge in [0.2, 0.25) is 5.91 Å². The number of hydrogen-bond donors (Lipinski definition) is 3. The van der Waals surface area contributed by atoms with Gasteiger partial charge in [0.1, 0.15) is 5.82 Å². The van der Waals surface area contributed by atoms with Crippen LogP contribution in [-0.2, 0) is 11.3 Å². The number of anilines is 1. The topological polar surface area (TPSA) is 53.2 Å². The van der Waals surface area contributed by atoms with Crippen molar-refractivity contribution in [1.82, 2.24) is 10.6 Å². The highest BCUT2D eigenvalue weighted by molar-refractivity contribution is 9.10. The molecule has 2 rings (SSSR count). The van der Waals surface area contributed by atoms with E-state index in [2.05, 4.69) is 31.9 Å². The Morgan fingerprint density at radius 2 is 1.88 bits per heavy atom. The lowest BCUT2D eigenvalue weighted by Gasteiger charge is -2.12. The number of halogens is 2. The van der Waals surface area contributed by atoms with E-state index in [0.29, 0.717) is 11.7 Å². The van der Waals surface area contributed by atoms with Crippen molar-refractivity contribution in [1.29, 1.82) is 0 Å². The van der Waals surface area contributed by atoms with Gasteiger partial charge in [0, 0.05) is 16.7 Å². The number of amides is 1. The number of carbonyl (C=O) groups is 1. The minimum absolute atomic E-state index is 0.0603. The summed E-state index contributed by atoms with van der Waals surface area (Å²) in [6.45, 7) is 2.44. The van der Waals surface area contributed by atoms with Crippen molar-refractivity contribution in [2.24, 2.45) is 0 Å². The zero-order valence-corrected chi connectivity index (χ0v) is 15.4. The maximum Gasteiger partial charge on any atom is 0.243 e. The number of rotatable bonds is 5. The Labute approximate surface area is 154 Å². The molecule has 0 aliphatic rings. The molecular formula is C17H17BrFN3OS. The van der Waals surface area contributed by atoms with Gasteiger partial charge in [-0.25, -0.2) is 4.39 Å². The molecule has 0 spiro atoms. The molecule has 4 nitrogen and oxygen atoms in total. The molecule has 0 fully saturated rings. The summed E-state index contributed by atoms with van der Waals surface area (Å²) < 4.78 is 13.8. The fraction of sp³-hybridized carbons (Fsp3) is 0.176. The molecule has 126 valence electrons. The Kier molecular flexibility index (Phi) is 6.69. The van der Waals surface area contributed by atoms with E-state index in [1.54, 1.807) is 12.1 Å². The first kappa shape index (κ1) is 18.4. The van der Waals surface area contributed by atoms with Gasteiger partial charge in [-0.1, -0.05) is 28.1 Å². The summed E-state index contributed by atoms with van der Waals surface area (Å²) in [7, 11) is 0. The van der Waals surface area contributed by atoms with Gasteiger partial charge < -0.3 is 16.0 Å². The minimum atomic E-state index is -0.278. The van der Waals surface area contributed by atoms with Crippen LogP contribution in [0.15, 0.2) is 46.9 Å². The molecular weight excluding hydrogens is 393 g/mol. The lowest BCUT2D eigenvalue weighted by molar-refractivity contribution is -0.115. The van der Waals surface area contributed by atoms with Crippen LogP contribution in [0.25, 0.3) is 0 Å². The highest BCUT2D eigenvalue weighted by Gasteiger charge is 2.06. The Bertz CT molecular complexity index is 737.